The molecular weight excluding hydrogens is 475 g/mol. The molecule has 2 saturated heterocycles. The lowest BCUT2D eigenvalue weighted by Crippen LogP contribution is -2.49. The standard InChI is InChI=1S/C24H26ClFN6O3/c25-14-8-28-23-18-12-31(13-19(18)29-32(23)11-14)24(34)17-2-1-15(26)7-22(17)35-16-3-5-30(6-4-16)20-9-27-10-21(20)33/h1-2,7-8,11,16,20-21,27,33H,3-6,9-10,12-13H2/t20-,21-/m0/s1. The summed E-state index contributed by atoms with van der Waals surface area (Å²) < 4.78 is 22.0. The van der Waals surface area contributed by atoms with Crippen LogP contribution in [0.2, 0.25) is 5.02 Å². The maximum absolute atomic E-state index is 14.1. The first-order chi connectivity index (χ1) is 17.0. The number of aliphatic hydroxyl groups is 1. The van der Waals surface area contributed by atoms with E-state index in [-0.39, 0.29) is 29.9 Å². The fourth-order valence-corrected chi connectivity index (χ4v) is 5.48. The topological polar surface area (TPSA) is 95.2 Å². The Morgan fingerprint density at radius 3 is 2.83 bits per heavy atom. The molecule has 0 aliphatic carbocycles. The number of rotatable bonds is 4. The first-order valence-electron chi connectivity index (χ1n) is 11.9. The van der Waals surface area contributed by atoms with Gasteiger partial charge in [0.15, 0.2) is 5.65 Å². The fraction of sp³-hybridized carbons (Fsp3) is 0.458. The molecule has 11 heteroatoms. The summed E-state index contributed by atoms with van der Waals surface area (Å²) in [6.45, 7) is 3.66. The zero-order valence-corrected chi connectivity index (χ0v) is 19.8. The number of likely N-dealkylation sites (tertiary alicyclic amines) is 1. The molecule has 3 aromatic rings. The number of carbonyl (C=O) groups excluding carboxylic acids is 1. The van der Waals surface area contributed by atoms with Crippen LogP contribution >= 0.6 is 11.6 Å². The molecule has 2 aromatic heterocycles. The summed E-state index contributed by atoms with van der Waals surface area (Å²) >= 11 is 6.01. The van der Waals surface area contributed by atoms with Crippen LogP contribution in [0.5, 0.6) is 5.75 Å². The number of halogens is 2. The normalized spacial score (nSPS) is 23.2. The van der Waals surface area contributed by atoms with Crippen LogP contribution in [-0.2, 0) is 13.1 Å². The zero-order valence-electron chi connectivity index (χ0n) is 19.0. The Morgan fingerprint density at radius 2 is 2.06 bits per heavy atom. The number of benzene rings is 1. The lowest BCUT2D eigenvalue weighted by Gasteiger charge is -2.37. The fourth-order valence-electron chi connectivity index (χ4n) is 5.33. The van der Waals surface area contributed by atoms with Crippen molar-refractivity contribution in [2.45, 2.75) is 44.2 Å². The van der Waals surface area contributed by atoms with E-state index in [1.165, 1.54) is 18.2 Å². The quantitative estimate of drug-likeness (QED) is 0.564. The Kier molecular flexibility index (Phi) is 5.84. The lowest BCUT2D eigenvalue weighted by molar-refractivity contribution is 0.0356. The van der Waals surface area contributed by atoms with Gasteiger partial charge in [-0.1, -0.05) is 11.6 Å². The molecule has 0 spiro atoms. The third-order valence-corrected chi connectivity index (χ3v) is 7.36. The molecule has 1 amide bonds. The Labute approximate surface area is 206 Å². The van der Waals surface area contributed by atoms with Gasteiger partial charge in [0.2, 0.25) is 0 Å². The Hall–Kier alpha value is -2.79. The second kappa shape index (κ2) is 9.02. The van der Waals surface area contributed by atoms with Crippen LogP contribution in [0.25, 0.3) is 5.65 Å². The number of nitrogens with one attached hydrogen (secondary N) is 1. The largest absolute Gasteiger partial charge is 0.489 e. The van der Waals surface area contributed by atoms with E-state index < -0.39 is 5.82 Å². The van der Waals surface area contributed by atoms with Crippen molar-refractivity contribution >= 4 is 23.2 Å². The summed E-state index contributed by atoms with van der Waals surface area (Å²) in [5.41, 5.74) is 2.66. The SMILES string of the molecule is O=C(c1ccc(F)cc1OC1CCN([C@H]2CNC[C@@H]2O)CC1)N1Cc2nn3cc(Cl)cnc3c2C1. The first kappa shape index (κ1) is 22.7. The maximum atomic E-state index is 14.1. The average molecular weight is 501 g/mol. The summed E-state index contributed by atoms with van der Waals surface area (Å²) in [4.78, 5) is 21.8. The number of carbonyl (C=O) groups is 1. The highest BCUT2D eigenvalue weighted by molar-refractivity contribution is 6.30. The first-order valence-corrected chi connectivity index (χ1v) is 12.2. The number of amides is 1. The third-order valence-electron chi connectivity index (χ3n) is 7.16. The van der Waals surface area contributed by atoms with Crippen LogP contribution in [0.4, 0.5) is 4.39 Å². The van der Waals surface area contributed by atoms with Crippen molar-refractivity contribution in [2.24, 2.45) is 0 Å². The Bertz CT molecular complexity index is 1280. The number of piperidine rings is 1. The molecule has 2 N–H and O–H groups in total. The summed E-state index contributed by atoms with van der Waals surface area (Å²) in [5, 5.41) is 18.4. The molecule has 35 heavy (non-hydrogen) atoms. The molecule has 3 aliphatic heterocycles. The van der Waals surface area contributed by atoms with E-state index in [1.807, 2.05) is 0 Å². The smallest absolute Gasteiger partial charge is 0.258 e. The van der Waals surface area contributed by atoms with Crippen molar-refractivity contribution in [3.63, 3.8) is 0 Å². The zero-order chi connectivity index (χ0) is 24.1. The van der Waals surface area contributed by atoms with Gasteiger partial charge in [-0.05, 0) is 25.0 Å². The number of fused-ring (bicyclic) bond motifs is 3. The highest BCUT2D eigenvalue weighted by atomic mass is 35.5. The van der Waals surface area contributed by atoms with Gasteiger partial charge in [-0.25, -0.2) is 13.9 Å². The van der Waals surface area contributed by atoms with Gasteiger partial charge >= 0.3 is 0 Å². The molecular formula is C24H26ClFN6O3. The summed E-state index contributed by atoms with van der Waals surface area (Å²) in [5.74, 6) is -0.417. The van der Waals surface area contributed by atoms with E-state index in [2.05, 4.69) is 20.3 Å². The number of hydrogen-bond donors (Lipinski definition) is 2. The monoisotopic (exact) mass is 500 g/mol. The van der Waals surface area contributed by atoms with E-state index in [0.717, 1.165) is 43.7 Å². The predicted molar refractivity (Wildman–Crippen MR) is 126 cm³/mol. The van der Waals surface area contributed by atoms with Gasteiger partial charge in [-0.15, -0.1) is 0 Å². The van der Waals surface area contributed by atoms with Gasteiger partial charge in [-0.3, -0.25) is 9.69 Å². The van der Waals surface area contributed by atoms with Crippen molar-refractivity contribution in [1.82, 2.24) is 29.7 Å². The average Bonchev–Trinajstić information content (AvgIpc) is 3.53. The second-order valence-electron chi connectivity index (χ2n) is 9.41. The third kappa shape index (κ3) is 4.24. The molecule has 0 unspecified atom stereocenters. The number of aliphatic hydroxyl groups excluding tert-OH is 1. The van der Waals surface area contributed by atoms with E-state index >= 15 is 0 Å². The second-order valence-corrected chi connectivity index (χ2v) is 9.85. The summed E-state index contributed by atoms with van der Waals surface area (Å²) in [7, 11) is 0. The van der Waals surface area contributed by atoms with Gasteiger partial charge in [-0.2, -0.15) is 5.10 Å². The van der Waals surface area contributed by atoms with Crippen molar-refractivity contribution in [1.29, 1.82) is 0 Å². The van der Waals surface area contributed by atoms with Crippen LogP contribution in [0.3, 0.4) is 0 Å². The van der Waals surface area contributed by atoms with E-state index in [9.17, 15) is 14.3 Å². The van der Waals surface area contributed by atoms with Crippen LogP contribution < -0.4 is 10.1 Å². The number of ether oxygens (including phenoxy) is 1. The molecule has 5 heterocycles. The minimum absolute atomic E-state index is 0.117. The van der Waals surface area contributed by atoms with Crippen molar-refractivity contribution in [3.8, 4) is 5.75 Å². The van der Waals surface area contributed by atoms with Crippen LogP contribution in [0.15, 0.2) is 30.6 Å². The minimum atomic E-state index is -0.447. The maximum Gasteiger partial charge on any atom is 0.258 e. The van der Waals surface area contributed by atoms with Crippen molar-refractivity contribution < 1.29 is 19.0 Å². The molecule has 0 radical (unpaired) electrons. The minimum Gasteiger partial charge on any atom is -0.489 e. The summed E-state index contributed by atoms with van der Waals surface area (Å²) in [6, 6.07) is 4.18. The van der Waals surface area contributed by atoms with Gasteiger partial charge in [0.1, 0.15) is 17.7 Å². The van der Waals surface area contributed by atoms with Gasteiger partial charge in [0.25, 0.3) is 5.91 Å². The number of aromatic nitrogens is 3. The van der Waals surface area contributed by atoms with Crippen LogP contribution in [-0.4, -0.2) is 79.8 Å². The molecule has 0 bridgehead atoms. The molecule has 1 aromatic carbocycles. The van der Waals surface area contributed by atoms with E-state index in [0.29, 0.717) is 35.9 Å². The number of nitrogens with zero attached hydrogens (tertiary/aromatic N) is 5. The van der Waals surface area contributed by atoms with Crippen LogP contribution in [0, 0.1) is 5.82 Å². The molecule has 6 rings (SSSR count). The number of β-amino-alcohol motifs (C(OH)–C–C–N with tert-alkyl or cyclic N) is 1. The van der Waals surface area contributed by atoms with Crippen molar-refractivity contribution in [3.05, 3.63) is 58.3 Å². The van der Waals surface area contributed by atoms with E-state index in [4.69, 9.17) is 16.3 Å². The van der Waals surface area contributed by atoms with Crippen molar-refractivity contribution in [2.75, 3.05) is 26.2 Å². The van der Waals surface area contributed by atoms with Gasteiger partial charge < -0.3 is 20.1 Å². The Morgan fingerprint density at radius 1 is 1.23 bits per heavy atom. The molecule has 3 aliphatic rings. The summed E-state index contributed by atoms with van der Waals surface area (Å²) in [6.07, 6.45) is 4.25. The molecule has 0 saturated carbocycles. The number of hydrogen-bond acceptors (Lipinski definition) is 7. The van der Waals surface area contributed by atoms with E-state index in [1.54, 1.807) is 21.8 Å². The van der Waals surface area contributed by atoms with Gasteiger partial charge in [0, 0.05) is 50.0 Å². The highest BCUT2D eigenvalue weighted by Gasteiger charge is 2.34. The predicted octanol–water partition coefficient (Wildman–Crippen LogP) is 1.85. The molecule has 2 atom stereocenters. The molecule has 184 valence electrons. The lowest BCUT2D eigenvalue weighted by atomic mass is 10.0. The molecule has 2 fully saturated rings. The highest BCUT2D eigenvalue weighted by Crippen LogP contribution is 2.31. The van der Waals surface area contributed by atoms with Gasteiger partial charge in [0.05, 0.1) is 41.7 Å². The Balaban J connectivity index is 1.16. The molecule has 9 nitrogen and oxygen atoms in total. The van der Waals surface area contributed by atoms with Crippen LogP contribution in [0.1, 0.15) is 34.5 Å².